The lowest BCUT2D eigenvalue weighted by molar-refractivity contribution is 0.240. The molecule has 2 aliphatic heterocycles. The Morgan fingerprint density at radius 3 is 3.00 bits per heavy atom. The molecular weight excluding hydrogens is 134 g/mol. The van der Waals surface area contributed by atoms with Crippen LogP contribution in [0.4, 0.5) is 0 Å². The summed E-state index contributed by atoms with van der Waals surface area (Å²) in [6.45, 7) is 1.42. The zero-order valence-corrected chi connectivity index (χ0v) is 7.13. The number of nitrogens with zero attached hydrogens (tertiary/aromatic N) is 1. The highest BCUT2D eigenvalue weighted by molar-refractivity contribution is 4.99. The van der Waals surface area contributed by atoms with E-state index >= 15 is 0 Å². The van der Waals surface area contributed by atoms with Crippen LogP contribution in [0.3, 0.4) is 0 Å². The van der Waals surface area contributed by atoms with Crippen LogP contribution in [0, 0.1) is 5.92 Å². The van der Waals surface area contributed by atoms with Crippen molar-refractivity contribution in [3.8, 4) is 0 Å². The van der Waals surface area contributed by atoms with Crippen molar-refractivity contribution < 1.29 is 0 Å². The molecule has 3 fully saturated rings. The maximum Gasteiger partial charge on any atom is 0.0127 e. The molecule has 0 aromatic carbocycles. The topological polar surface area (TPSA) is 3.24 Å². The molecule has 1 saturated carbocycles. The second kappa shape index (κ2) is 2.22. The predicted octanol–water partition coefficient (Wildman–Crippen LogP) is 2.02. The highest BCUT2D eigenvalue weighted by Crippen LogP contribution is 2.44. The summed E-state index contributed by atoms with van der Waals surface area (Å²) in [6, 6.07) is 2.05. The van der Waals surface area contributed by atoms with E-state index in [2.05, 4.69) is 4.90 Å². The standard InChI is InChI=1S/C10H17N/c1-3-8-7-9(4-1)11-6-2-5-10(8)11/h8-10H,1-7H2. The van der Waals surface area contributed by atoms with E-state index in [1.54, 1.807) is 6.42 Å². The van der Waals surface area contributed by atoms with Crippen LogP contribution in [-0.2, 0) is 0 Å². The van der Waals surface area contributed by atoms with Crippen LogP contribution in [-0.4, -0.2) is 23.5 Å². The molecule has 3 unspecified atom stereocenters. The average Bonchev–Trinajstić information content (AvgIpc) is 2.58. The highest BCUT2D eigenvalue weighted by Gasteiger charge is 2.44. The molecule has 3 atom stereocenters. The third-order valence-electron chi connectivity index (χ3n) is 4.04. The van der Waals surface area contributed by atoms with E-state index in [1.165, 1.54) is 38.6 Å². The fraction of sp³-hybridized carbons (Fsp3) is 1.00. The third-order valence-corrected chi connectivity index (χ3v) is 4.04. The van der Waals surface area contributed by atoms with Gasteiger partial charge in [-0.15, -0.1) is 0 Å². The first kappa shape index (κ1) is 6.47. The van der Waals surface area contributed by atoms with Crippen molar-refractivity contribution in [2.75, 3.05) is 6.54 Å². The van der Waals surface area contributed by atoms with Crippen molar-refractivity contribution in [2.24, 2.45) is 5.92 Å². The zero-order chi connectivity index (χ0) is 7.26. The van der Waals surface area contributed by atoms with Gasteiger partial charge in [0.1, 0.15) is 0 Å². The first-order valence-corrected chi connectivity index (χ1v) is 5.21. The summed E-state index contributed by atoms with van der Waals surface area (Å²) >= 11 is 0. The average molecular weight is 151 g/mol. The molecule has 1 heteroatoms. The molecular formula is C10H17N. The van der Waals surface area contributed by atoms with Gasteiger partial charge in [-0.2, -0.15) is 0 Å². The van der Waals surface area contributed by atoms with Crippen molar-refractivity contribution in [1.29, 1.82) is 0 Å². The molecule has 62 valence electrons. The van der Waals surface area contributed by atoms with Crippen LogP contribution >= 0.6 is 0 Å². The van der Waals surface area contributed by atoms with Crippen molar-refractivity contribution in [3.05, 3.63) is 0 Å². The van der Waals surface area contributed by atoms with Gasteiger partial charge in [0.15, 0.2) is 0 Å². The summed E-state index contributed by atoms with van der Waals surface area (Å²) in [4.78, 5) is 2.82. The van der Waals surface area contributed by atoms with Gasteiger partial charge in [0.05, 0.1) is 0 Å². The van der Waals surface area contributed by atoms with Gasteiger partial charge < -0.3 is 0 Å². The molecule has 2 saturated heterocycles. The monoisotopic (exact) mass is 151 g/mol. The van der Waals surface area contributed by atoms with E-state index in [-0.39, 0.29) is 0 Å². The molecule has 0 aromatic heterocycles. The minimum absolute atomic E-state index is 1.02. The molecule has 0 amide bonds. The minimum Gasteiger partial charge on any atom is -0.297 e. The molecule has 2 heterocycles. The van der Waals surface area contributed by atoms with Gasteiger partial charge >= 0.3 is 0 Å². The Balaban J connectivity index is 1.88. The van der Waals surface area contributed by atoms with E-state index in [9.17, 15) is 0 Å². The zero-order valence-electron chi connectivity index (χ0n) is 7.13. The fourth-order valence-corrected chi connectivity index (χ4v) is 3.63. The number of hydrogen-bond donors (Lipinski definition) is 0. The van der Waals surface area contributed by atoms with Crippen molar-refractivity contribution in [1.82, 2.24) is 4.90 Å². The number of hydrogen-bond acceptors (Lipinski definition) is 1. The van der Waals surface area contributed by atoms with Crippen LogP contribution < -0.4 is 0 Å². The van der Waals surface area contributed by atoms with Gasteiger partial charge in [0.25, 0.3) is 0 Å². The van der Waals surface area contributed by atoms with Gasteiger partial charge in [-0.05, 0) is 44.6 Å². The Morgan fingerprint density at radius 2 is 2.00 bits per heavy atom. The smallest absolute Gasteiger partial charge is 0.0127 e. The normalized spacial score (nSPS) is 49.6. The Kier molecular flexibility index (Phi) is 1.31. The molecule has 0 radical (unpaired) electrons. The summed E-state index contributed by atoms with van der Waals surface area (Å²) in [5, 5.41) is 0. The minimum atomic E-state index is 1.02. The Morgan fingerprint density at radius 1 is 1.00 bits per heavy atom. The van der Waals surface area contributed by atoms with Gasteiger partial charge in [-0.3, -0.25) is 4.90 Å². The van der Waals surface area contributed by atoms with Crippen LogP contribution in [0.1, 0.15) is 38.5 Å². The summed E-state index contributed by atoms with van der Waals surface area (Å²) in [6.07, 6.45) is 9.11. The van der Waals surface area contributed by atoms with Crippen molar-refractivity contribution in [3.63, 3.8) is 0 Å². The molecule has 0 aromatic rings. The van der Waals surface area contributed by atoms with E-state index in [0.29, 0.717) is 0 Å². The molecule has 3 rings (SSSR count). The molecule has 11 heavy (non-hydrogen) atoms. The van der Waals surface area contributed by atoms with Crippen LogP contribution in [0.5, 0.6) is 0 Å². The third kappa shape index (κ3) is 0.807. The lowest BCUT2D eigenvalue weighted by atomic mass is 9.86. The number of fused-ring (bicyclic) bond motifs is 5. The lowest BCUT2D eigenvalue weighted by Gasteiger charge is -2.22. The van der Waals surface area contributed by atoms with E-state index in [0.717, 1.165) is 18.0 Å². The maximum atomic E-state index is 2.82. The summed E-state index contributed by atoms with van der Waals surface area (Å²) in [5.41, 5.74) is 0. The first-order chi connectivity index (χ1) is 5.45. The van der Waals surface area contributed by atoms with E-state index in [1.807, 2.05) is 0 Å². The van der Waals surface area contributed by atoms with Crippen molar-refractivity contribution >= 4 is 0 Å². The molecule has 3 aliphatic rings. The van der Waals surface area contributed by atoms with Gasteiger partial charge in [-0.1, -0.05) is 6.42 Å². The molecule has 1 nitrogen and oxygen atoms in total. The molecule has 1 aliphatic carbocycles. The van der Waals surface area contributed by atoms with Gasteiger partial charge in [0, 0.05) is 12.1 Å². The van der Waals surface area contributed by atoms with Crippen LogP contribution in [0.15, 0.2) is 0 Å². The Hall–Kier alpha value is -0.0400. The first-order valence-electron chi connectivity index (χ1n) is 5.21. The second-order valence-corrected chi connectivity index (χ2v) is 4.53. The van der Waals surface area contributed by atoms with E-state index < -0.39 is 0 Å². The Labute approximate surface area is 68.8 Å². The largest absolute Gasteiger partial charge is 0.297 e. The summed E-state index contributed by atoms with van der Waals surface area (Å²) in [7, 11) is 0. The van der Waals surface area contributed by atoms with E-state index in [4.69, 9.17) is 0 Å². The SMILES string of the molecule is C1CC2CC(C1)N1CCCC21. The van der Waals surface area contributed by atoms with Gasteiger partial charge in [0.2, 0.25) is 0 Å². The molecule has 0 spiro atoms. The van der Waals surface area contributed by atoms with Crippen LogP contribution in [0.25, 0.3) is 0 Å². The fourth-order valence-electron chi connectivity index (χ4n) is 3.63. The highest BCUT2D eigenvalue weighted by atomic mass is 15.2. The molecule has 2 bridgehead atoms. The lowest BCUT2D eigenvalue weighted by Crippen LogP contribution is -2.30. The maximum absolute atomic E-state index is 2.82. The second-order valence-electron chi connectivity index (χ2n) is 4.53. The van der Waals surface area contributed by atoms with Crippen LogP contribution in [0.2, 0.25) is 0 Å². The molecule has 0 N–H and O–H groups in total. The Bertz CT molecular complexity index is 150. The predicted molar refractivity (Wildman–Crippen MR) is 45.5 cm³/mol. The van der Waals surface area contributed by atoms with Crippen molar-refractivity contribution in [2.45, 2.75) is 50.6 Å². The quantitative estimate of drug-likeness (QED) is 0.512. The summed E-state index contributed by atoms with van der Waals surface area (Å²) in [5.74, 6) is 1.11. The number of rotatable bonds is 0. The van der Waals surface area contributed by atoms with Gasteiger partial charge in [-0.25, -0.2) is 0 Å². The summed E-state index contributed by atoms with van der Waals surface area (Å²) < 4.78 is 0.